The van der Waals surface area contributed by atoms with Gasteiger partial charge in [0.05, 0.1) is 0 Å². The molecule has 0 aliphatic rings. The molecule has 1 aromatic heterocycles. The van der Waals surface area contributed by atoms with Crippen LogP contribution < -0.4 is 5.73 Å². The summed E-state index contributed by atoms with van der Waals surface area (Å²) in [6.07, 6.45) is 0.694. The van der Waals surface area contributed by atoms with Crippen LogP contribution in [0.15, 0.2) is 10.6 Å². The van der Waals surface area contributed by atoms with Gasteiger partial charge in [0.25, 0.3) is 0 Å². The van der Waals surface area contributed by atoms with Crippen LogP contribution in [-0.2, 0) is 6.42 Å². The van der Waals surface area contributed by atoms with Crippen LogP contribution >= 0.6 is 11.6 Å². The topological polar surface area (TPSA) is 52.0 Å². The van der Waals surface area contributed by atoms with Crippen molar-refractivity contribution in [2.45, 2.75) is 6.42 Å². The van der Waals surface area contributed by atoms with E-state index in [1.807, 2.05) is 0 Å². The van der Waals surface area contributed by atoms with E-state index in [4.69, 9.17) is 21.9 Å². The molecule has 0 aliphatic heterocycles. The van der Waals surface area contributed by atoms with E-state index in [1.54, 1.807) is 6.07 Å². The number of aromatic nitrogens is 1. The van der Waals surface area contributed by atoms with E-state index in [2.05, 4.69) is 5.16 Å². The summed E-state index contributed by atoms with van der Waals surface area (Å²) in [5.74, 6) is 0.738. The molecule has 0 aromatic carbocycles. The van der Waals surface area contributed by atoms with Crippen molar-refractivity contribution in [2.24, 2.45) is 5.73 Å². The van der Waals surface area contributed by atoms with E-state index in [0.717, 1.165) is 5.76 Å². The molecular formula is C5H7ClN2O. The van der Waals surface area contributed by atoms with Crippen LogP contribution in [0.25, 0.3) is 0 Å². The number of nitrogens with two attached hydrogens (primary N) is 1. The molecule has 0 bridgehead atoms. The standard InChI is InChI=1S/C5H7ClN2O/c6-5-3-4(1-2-7)9-8-5/h3H,1-2,7H2. The summed E-state index contributed by atoms with van der Waals surface area (Å²) in [7, 11) is 0. The molecule has 1 heterocycles. The smallest absolute Gasteiger partial charge is 0.172 e. The Bertz CT molecular complexity index is 187. The largest absolute Gasteiger partial charge is 0.360 e. The molecule has 0 aliphatic carbocycles. The molecule has 0 radical (unpaired) electrons. The summed E-state index contributed by atoms with van der Waals surface area (Å²) in [4.78, 5) is 0. The molecule has 0 unspecified atom stereocenters. The van der Waals surface area contributed by atoms with Crippen LogP contribution in [0.2, 0.25) is 5.15 Å². The Labute approximate surface area is 57.8 Å². The molecule has 1 rings (SSSR count). The monoisotopic (exact) mass is 146 g/mol. The molecule has 0 fully saturated rings. The van der Waals surface area contributed by atoms with Crippen molar-refractivity contribution < 1.29 is 4.52 Å². The van der Waals surface area contributed by atoms with Gasteiger partial charge in [-0.1, -0.05) is 16.8 Å². The van der Waals surface area contributed by atoms with Crippen molar-refractivity contribution in [3.05, 3.63) is 17.0 Å². The average Bonchev–Trinajstić information content (AvgIpc) is 2.17. The molecule has 4 heteroatoms. The Morgan fingerprint density at radius 2 is 2.56 bits per heavy atom. The van der Waals surface area contributed by atoms with Crippen LogP contribution in [0.3, 0.4) is 0 Å². The fourth-order valence-corrected chi connectivity index (χ4v) is 0.704. The Hall–Kier alpha value is -0.540. The van der Waals surface area contributed by atoms with Gasteiger partial charge in [0.2, 0.25) is 0 Å². The van der Waals surface area contributed by atoms with E-state index in [0.29, 0.717) is 18.1 Å². The van der Waals surface area contributed by atoms with Crippen LogP contribution in [0.5, 0.6) is 0 Å². The maximum absolute atomic E-state index is 5.45. The third kappa shape index (κ3) is 1.69. The number of nitrogens with zero attached hydrogens (tertiary/aromatic N) is 1. The summed E-state index contributed by atoms with van der Waals surface area (Å²) in [5.41, 5.74) is 5.24. The average molecular weight is 147 g/mol. The summed E-state index contributed by atoms with van der Waals surface area (Å²) >= 11 is 5.45. The lowest BCUT2D eigenvalue weighted by Crippen LogP contribution is -2.01. The Kier molecular flexibility index (Phi) is 2.08. The van der Waals surface area contributed by atoms with Crippen molar-refractivity contribution >= 4 is 11.6 Å². The zero-order valence-corrected chi connectivity index (χ0v) is 5.56. The first-order valence-electron chi connectivity index (χ1n) is 2.64. The van der Waals surface area contributed by atoms with Crippen LogP contribution in [-0.4, -0.2) is 11.7 Å². The fraction of sp³-hybridized carbons (Fsp3) is 0.400. The molecule has 1 aromatic rings. The van der Waals surface area contributed by atoms with Gasteiger partial charge in [-0.25, -0.2) is 0 Å². The van der Waals surface area contributed by atoms with Gasteiger partial charge in [0.15, 0.2) is 5.15 Å². The molecule has 3 nitrogen and oxygen atoms in total. The number of hydrogen-bond acceptors (Lipinski definition) is 3. The quantitative estimate of drug-likeness (QED) is 0.673. The lowest BCUT2D eigenvalue weighted by molar-refractivity contribution is 0.385. The maximum Gasteiger partial charge on any atom is 0.172 e. The molecule has 50 valence electrons. The Balaban J connectivity index is 2.61. The second kappa shape index (κ2) is 2.85. The van der Waals surface area contributed by atoms with E-state index in [9.17, 15) is 0 Å². The second-order valence-electron chi connectivity index (χ2n) is 1.65. The van der Waals surface area contributed by atoms with Crippen LogP contribution in [0.1, 0.15) is 5.76 Å². The van der Waals surface area contributed by atoms with Gasteiger partial charge in [0, 0.05) is 12.5 Å². The predicted molar refractivity (Wildman–Crippen MR) is 34.3 cm³/mol. The van der Waals surface area contributed by atoms with Crippen molar-refractivity contribution in [1.29, 1.82) is 0 Å². The van der Waals surface area contributed by atoms with E-state index < -0.39 is 0 Å². The van der Waals surface area contributed by atoms with E-state index in [1.165, 1.54) is 0 Å². The van der Waals surface area contributed by atoms with Gasteiger partial charge in [-0.05, 0) is 6.54 Å². The van der Waals surface area contributed by atoms with Gasteiger partial charge < -0.3 is 10.3 Å². The number of hydrogen-bond donors (Lipinski definition) is 1. The Morgan fingerprint density at radius 3 is 3.00 bits per heavy atom. The summed E-state index contributed by atoms with van der Waals surface area (Å²) in [6.45, 7) is 0.561. The highest BCUT2D eigenvalue weighted by Gasteiger charge is 1.98. The van der Waals surface area contributed by atoms with E-state index in [-0.39, 0.29) is 0 Å². The van der Waals surface area contributed by atoms with E-state index >= 15 is 0 Å². The summed E-state index contributed by atoms with van der Waals surface area (Å²) < 4.78 is 4.74. The number of halogens is 1. The summed E-state index contributed by atoms with van der Waals surface area (Å²) in [6, 6.07) is 1.66. The minimum absolute atomic E-state index is 0.387. The molecule has 0 atom stereocenters. The molecular weight excluding hydrogens is 140 g/mol. The molecule has 0 saturated carbocycles. The highest BCUT2D eigenvalue weighted by molar-refractivity contribution is 6.29. The number of rotatable bonds is 2. The Morgan fingerprint density at radius 1 is 1.78 bits per heavy atom. The lowest BCUT2D eigenvalue weighted by Gasteiger charge is -1.83. The zero-order valence-electron chi connectivity index (χ0n) is 4.80. The SMILES string of the molecule is NCCc1cc(Cl)no1. The van der Waals surface area contributed by atoms with Crippen LogP contribution in [0.4, 0.5) is 0 Å². The highest BCUT2D eigenvalue weighted by Crippen LogP contribution is 2.07. The van der Waals surface area contributed by atoms with Crippen molar-refractivity contribution in [3.8, 4) is 0 Å². The normalized spacial score (nSPS) is 10.0. The summed E-state index contributed by atoms with van der Waals surface area (Å²) in [5, 5.41) is 3.86. The van der Waals surface area contributed by atoms with Crippen molar-refractivity contribution in [2.75, 3.05) is 6.54 Å². The van der Waals surface area contributed by atoms with Crippen molar-refractivity contribution in [1.82, 2.24) is 5.16 Å². The molecule has 0 saturated heterocycles. The van der Waals surface area contributed by atoms with Crippen LogP contribution in [0, 0.1) is 0 Å². The molecule has 2 N–H and O–H groups in total. The van der Waals surface area contributed by atoms with Gasteiger partial charge in [0.1, 0.15) is 5.76 Å². The minimum Gasteiger partial charge on any atom is -0.360 e. The first-order valence-corrected chi connectivity index (χ1v) is 3.02. The lowest BCUT2D eigenvalue weighted by atomic mass is 10.3. The predicted octanol–water partition coefficient (Wildman–Crippen LogP) is 0.829. The van der Waals surface area contributed by atoms with Gasteiger partial charge in [-0.3, -0.25) is 0 Å². The van der Waals surface area contributed by atoms with Gasteiger partial charge in [-0.2, -0.15) is 0 Å². The first-order chi connectivity index (χ1) is 4.33. The maximum atomic E-state index is 5.45. The third-order valence-corrected chi connectivity index (χ3v) is 1.10. The van der Waals surface area contributed by atoms with Crippen molar-refractivity contribution in [3.63, 3.8) is 0 Å². The second-order valence-corrected chi connectivity index (χ2v) is 2.04. The molecule has 9 heavy (non-hydrogen) atoms. The third-order valence-electron chi connectivity index (χ3n) is 0.921. The molecule has 0 spiro atoms. The van der Waals surface area contributed by atoms with Gasteiger partial charge in [-0.15, -0.1) is 0 Å². The first kappa shape index (κ1) is 6.58. The molecule has 0 amide bonds. The van der Waals surface area contributed by atoms with Gasteiger partial charge >= 0.3 is 0 Å². The zero-order chi connectivity index (χ0) is 6.69. The fourth-order valence-electron chi connectivity index (χ4n) is 0.548. The minimum atomic E-state index is 0.387. The highest BCUT2D eigenvalue weighted by atomic mass is 35.5.